The average molecular weight is 477 g/mol. The minimum atomic E-state index is -0.433. The van der Waals surface area contributed by atoms with Crippen molar-refractivity contribution in [2.45, 2.75) is 37.8 Å². The highest BCUT2D eigenvalue weighted by Crippen LogP contribution is 2.37. The third-order valence-corrected chi connectivity index (χ3v) is 7.80. The minimum absolute atomic E-state index is 0.0102. The Morgan fingerprint density at radius 2 is 1.91 bits per heavy atom. The summed E-state index contributed by atoms with van der Waals surface area (Å²) >= 11 is 1.66. The molecule has 176 valence electrons. The van der Waals surface area contributed by atoms with Crippen molar-refractivity contribution in [1.82, 2.24) is 4.90 Å². The molecule has 34 heavy (non-hydrogen) atoms. The van der Waals surface area contributed by atoms with Gasteiger partial charge < -0.3 is 15.2 Å². The van der Waals surface area contributed by atoms with E-state index in [0.29, 0.717) is 31.0 Å². The summed E-state index contributed by atoms with van der Waals surface area (Å²) < 4.78 is 11.2. The van der Waals surface area contributed by atoms with Gasteiger partial charge >= 0.3 is 6.09 Å². The number of ether oxygens (including phenoxy) is 2. The largest absolute Gasteiger partial charge is 0.441 e. The average Bonchev–Trinajstić information content (AvgIpc) is 3.49. The zero-order valence-electron chi connectivity index (χ0n) is 19.2. The Kier molecular flexibility index (Phi) is 6.15. The van der Waals surface area contributed by atoms with Crippen molar-refractivity contribution >= 4 is 28.9 Å². The molecule has 0 radical (unpaired) electrons. The van der Waals surface area contributed by atoms with E-state index in [2.05, 4.69) is 6.07 Å². The number of thiophene rings is 1. The number of carbonyl (C=O) groups is 2. The summed E-state index contributed by atoms with van der Waals surface area (Å²) in [7, 11) is 0. The quantitative estimate of drug-likeness (QED) is 0.376. The number of amides is 1. The first-order valence-electron chi connectivity index (χ1n) is 11.6. The number of anilines is 1. The van der Waals surface area contributed by atoms with Crippen molar-refractivity contribution < 1.29 is 19.1 Å². The van der Waals surface area contributed by atoms with E-state index >= 15 is 0 Å². The van der Waals surface area contributed by atoms with Gasteiger partial charge in [0, 0.05) is 35.4 Å². The van der Waals surface area contributed by atoms with E-state index in [4.69, 9.17) is 15.2 Å². The van der Waals surface area contributed by atoms with Crippen molar-refractivity contribution in [1.29, 1.82) is 0 Å². The summed E-state index contributed by atoms with van der Waals surface area (Å²) in [6.45, 7) is 3.80. The second-order valence-electron chi connectivity index (χ2n) is 9.08. The molecule has 3 aromatic rings. The van der Waals surface area contributed by atoms with Crippen molar-refractivity contribution in [3.63, 3.8) is 0 Å². The first kappa shape index (κ1) is 22.6. The van der Waals surface area contributed by atoms with Crippen molar-refractivity contribution in [3.05, 3.63) is 76.7 Å². The first-order chi connectivity index (χ1) is 16.4. The predicted molar refractivity (Wildman–Crippen MR) is 133 cm³/mol. The lowest BCUT2D eigenvalue weighted by atomic mass is 9.93. The van der Waals surface area contributed by atoms with Gasteiger partial charge in [-0.05, 0) is 47.2 Å². The van der Waals surface area contributed by atoms with Crippen molar-refractivity contribution in [3.8, 4) is 10.4 Å². The molecular weight excluding hydrogens is 448 g/mol. The number of carbonyl (C=O) groups excluding carboxylic acids is 2. The maximum absolute atomic E-state index is 13.0. The third-order valence-electron chi connectivity index (χ3n) is 6.88. The van der Waals surface area contributed by atoms with E-state index in [1.54, 1.807) is 16.2 Å². The van der Waals surface area contributed by atoms with E-state index in [0.717, 1.165) is 34.4 Å². The molecule has 2 N–H and O–H groups in total. The summed E-state index contributed by atoms with van der Waals surface area (Å²) in [6.07, 6.45) is 1.41. The van der Waals surface area contributed by atoms with Gasteiger partial charge in [0.2, 0.25) is 0 Å². The van der Waals surface area contributed by atoms with Crippen LogP contribution in [0.1, 0.15) is 47.3 Å². The summed E-state index contributed by atoms with van der Waals surface area (Å²) in [6, 6.07) is 17.3. The third kappa shape index (κ3) is 4.45. The van der Waals surface area contributed by atoms with Crippen LogP contribution in [-0.4, -0.2) is 42.1 Å². The molecule has 7 heteroatoms. The number of benzene rings is 2. The van der Waals surface area contributed by atoms with E-state index in [1.807, 2.05) is 60.8 Å². The molecule has 2 saturated heterocycles. The van der Waals surface area contributed by atoms with Crippen LogP contribution in [0.4, 0.5) is 10.5 Å². The van der Waals surface area contributed by atoms with E-state index < -0.39 is 5.60 Å². The molecule has 2 aliphatic rings. The molecule has 1 spiro atoms. The molecule has 2 aromatic carbocycles. The molecule has 0 bridgehead atoms. The highest BCUT2D eigenvalue weighted by molar-refractivity contribution is 7.13. The molecule has 1 amide bonds. The van der Waals surface area contributed by atoms with Gasteiger partial charge in [-0.2, -0.15) is 0 Å². The molecule has 6 nitrogen and oxygen atoms in total. The fraction of sp³-hybridized carbons (Fsp3) is 0.333. The number of nitrogens with two attached hydrogens (primary N) is 1. The van der Waals surface area contributed by atoms with E-state index in [9.17, 15) is 9.59 Å². The summed E-state index contributed by atoms with van der Waals surface area (Å²) in [4.78, 5) is 28.5. The molecule has 0 saturated carbocycles. The molecule has 1 aromatic heterocycles. The molecule has 2 fully saturated rings. The number of ketones is 1. The Morgan fingerprint density at radius 1 is 1.15 bits per heavy atom. The summed E-state index contributed by atoms with van der Waals surface area (Å²) in [5.41, 5.74) is 9.84. The van der Waals surface area contributed by atoms with Gasteiger partial charge in [-0.1, -0.05) is 36.4 Å². The molecule has 2 aliphatic heterocycles. The van der Waals surface area contributed by atoms with E-state index in [-0.39, 0.29) is 24.3 Å². The van der Waals surface area contributed by atoms with E-state index in [1.165, 1.54) is 0 Å². The van der Waals surface area contributed by atoms with Gasteiger partial charge in [0.1, 0.15) is 5.60 Å². The Balaban J connectivity index is 1.27. The number of nitrogen functional groups attached to an aromatic ring is 1. The number of Topliss-reactive ketones (excluding diaryl/α,β-unsaturated/α-hetero) is 1. The molecule has 0 aliphatic carbocycles. The van der Waals surface area contributed by atoms with Crippen molar-refractivity contribution in [2.24, 2.45) is 0 Å². The smallest absolute Gasteiger partial charge is 0.411 e. The number of rotatable bonds is 6. The lowest BCUT2D eigenvalue weighted by Gasteiger charge is -2.31. The van der Waals surface area contributed by atoms with Gasteiger partial charge in [-0.15, -0.1) is 11.3 Å². The zero-order chi connectivity index (χ0) is 23.7. The van der Waals surface area contributed by atoms with Crippen LogP contribution < -0.4 is 5.73 Å². The Bertz CT molecular complexity index is 1180. The van der Waals surface area contributed by atoms with Crippen LogP contribution >= 0.6 is 11.3 Å². The number of nitrogens with zero attached hydrogens (tertiary/aromatic N) is 1. The highest BCUT2D eigenvalue weighted by atomic mass is 32.1. The first-order valence-corrected chi connectivity index (χ1v) is 12.4. The monoisotopic (exact) mass is 476 g/mol. The summed E-state index contributed by atoms with van der Waals surface area (Å²) in [5, 5.41) is 2.03. The van der Waals surface area contributed by atoms with Gasteiger partial charge in [0.15, 0.2) is 5.78 Å². The van der Waals surface area contributed by atoms with Crippen LogP contribution in [0.25, 0.3) is 10.4 Å². The highest BCUT2D eigenvalue weighted by Gasteiger charge is 2.47. The van der Waals surface area contributed by atoms with Crippen LogP contribution in [0.15, 0.2) is 60.0 Å². The second kappa shape index (κ2) is 9.24. The fourth-order valence-corrected chi connectivity index (χ4v) is 5.43. The molecular formula is C27H28N2O4S. The van der Waals surface area contributed by atoms with Crippen LogP contribution in [0.3, 0.4) is 0 Å². The Labute approximate surface area is 203 Å². The predicted octanol–water partition coefficient (Wildman–Crippen LogP) is 5.49. The van der Waals surface area contributed by atoms with Gasteiger partial charge in [-0.3, -0.25) is 9.69 Å². The van der Waals surface area contributed by atoms with Crippen LogP contribution in [0.5, 0.6) is 0 Å². The number of hydrogen-bond donors (Lipinski definition) is 1. The lowest BCUT2D eigenvalue weighted by Crippen LogP contribution is -2.40. The zero-order valence-corrected chi connectivity index (χ0v) is 20.0. The maximum atomic E-state index is 13.0. The molecule has 1 atom stereocenters. The topological polar surface area (TPSA) is 81.9 Å². The van der Waals surface area contributed by atoms with Crippen LogP contribution in [0.2, 0.25) is 0 Å². The van der Waals surface area contributed by atoms with Crippen molar-refractivity contribution in [2.75, 3.05) is 25.5 Å². The minimum Gasteiger partial charge on any atom is -0.441 e. The molecule has 3 heterocycles. The fourth-order valence-electron chi connectivity index (χ4n) is 4.71. The van der Waals surface area contributed by atoms with Gasteiger partial charge in [0.25, 0.3) is 0 Å². The van der Waals surface area contributed by atoms with Crippen LogP contribution in [-0.2, 0) is 15.9 Å². The lowest BCUT2D eigenvalue weighted by molar-refractivity contribution is -0.0438. The Morgan fingerprint density at radius 3 is 2.62 bits per heavy atom. The Hall–Kier alpha value is -3.16. The standard InChI is InChI=1S/C27H28N2O4S/c1-18(29-17-27(33-26(29)31)10-12-32-13-11-27)19-4-6-20(7-5-19)24(30)16-22-15-21(8-9-23(22)28)25-3-2-14-34-25/h2-9,14-15,18H,10-13,16-17,28H2,1H3. The second-order valence-corrected chi connectivity index (χ2v) is 10.0. The normalized spacial score (nSPS) is 18.1. The number of hydrogen-bond acceptors (Lipinski definition) is 6. The molecule has 5 rings (SSSR count). The van der Waals surface area contributed by atoms with Gasteiger partial charge in [-0.25, -0.2) is 4.79 Å². The SMILES string of the molecule is CC(c1ccc(C(=O)Cc2cc(-c3cccs3)ccc2N)cc1)N1CC2(CCOCC2)OC1=O. The molecule has 1 unspecified atom stereocenters. The van der Waals surface area contributed by atoms with Gasteiger partial charge in [0.05, 0.1) is 25.8 Å². The van der Waals surface area contributed by atoms with Crippen LogP contribution in [0, 0.1) is 0 Å². The summed E-state index contributed by atoms with van der Waals surface area (Å²) in [5.74, 6) is 0.0102. The maximum Gasteiger partial charge on any atom is 0.411 e.